The van der Waals surface area contributed by atoms with E-state index in [0.29, 0.717) is 13.1 Å². The molecule has 1 aromatic carbocycles. The highest BCUT2D eigenvalue weighted by Crippen LogP contribution is 2.19. The van der Waals surface area contributed by atoms with Crippen LogP contribution in [0.25, 0.3) is 0 Å². The zero-order chi connectivity index (χ0) is 17.5. The Morgan fingerprint density at radius 3 is 2.62 bits per heavy atom. The fourth-order valence-electron chi connectivity index (χ4n) is 2.40. The van der Waals surface area contributed by atoms with Gasteiger partial charge >= 0.3 is 12.0 Å². The number of rotatable bonds is 5. The van der Waals surface area contributed by atoms with Gasteiger partial charge in [-0.1, -0.05) is 0 Å². The smallest absolute Gasteiger partial charge is 0.321 e. The number of hydrogen-bond acceptors (Lipinski definition) is 4. The zero-order valence-electron chi connectivity index (χ0n) is 13.4. The number of carbonyl (C=O) groups excluding carboxylic acids is 3. The Morgan fingerprint density at radius 2 is 1.96 bits per heavy atom. The van der Waals surface area contributed by atoms with Crippen LogP contribution in [0.5, 0.6) is 0 Å². The van der Waals surface area contributed by atoms with Gasteiger partial charge in [-0.15, -0.1) is 0 Å². The van der Waals surface area contributed by atoms with Crippen molar-refractivity contribution in [1.82, 2.24) is 10.2 Å². The number of urea groups is 1. The van der Waals surface area contributed by atoms with E-state index < -0.39 is 17.7 Å². The Hall–Kier alpha value is -2.64. The Kier molecular flexibility index (Phi) is 6.11. The van der Waals surface area contributed by atoms with Crippen LogP contribution in [0.15, 0.2) is 18.2 Å². The van der Waals surface area contributed by atoms with Crippen molar-refractivity contribution in [2.24, 2.45) is 0 Å². The normalized spacial score (nSPS) is 13.5. The first-order chi connectivity index (χ1) is 11.5. The van der Waals surface area contributed by atoms with Gasteiger partial charge in [-0.25, -0.2) is 9.18 Å². The van der Waals surface area contributed by atoms with E-state index in [1.165, 1.54) is 19.2 Å². The first-order valence-corrected chi connectivity index (χ1v) is 7.71. The lowest BCUT2D eigenvalue weighted by atomic mass is 10.1. The Bertz CT molecular complexity index is 630. The molecule has 0 bridgehead atoms. The van der Waals surface area contributed by atoms with Gasteiger partial charge in [0.05, 0.1) is 24.8 Å². The van der Waals surface area contributed by atoms with Gasteiger partial charge in [-0.3, -0.25) is 9.59 Å². The molecule has 1 heterocycles. The van der Waals surface area contributed by atoms with Crippen LogP contribution >= 0.6 is 0 Å². The largest absolute Gasteiger partial charge is 0.469 e. The van der Waals surface area contributed by atoms with E-state index in [-0.39, 0.29) is 30.2 Å². The summed E-state index contributed by atoms with van der Waals surface area (Å²) in [5.74, 6) is -1.63. The van der Waals surface area contributed by atoms with Crippen molar-refractivity contribution >= 4 is 23.6 Å². The van der Waals surface area contributed by atoms with Crippen LogP contribution in [-0.4, -0.2) is 49.6 Å². The third-order valence-corrected chi connectivity index (χ3v) is 3.70. The van der Waals surface area contributed by atoms with E-state index in [9.17, 15) is 18.8 Å². The summed E-state index contributed by atoms with van der Waals surface area (Å²) in [6.45, 7) is 1.38. The van der Waals surface area contributed by atoms with E-state index in [4.69, 9.17) is 0 Å². The number of halogens is 1. The van der Waals surface area contributed by atoms with Crippen molar-refractivity contribution in [3.8, 4) is 0 Å². The number of methoxy groups -OCH3 is 1. The van der Waals surface area contributed by atoms with Crippen molar-refractivity contribution in [3.63, 3.8) is 0 Å². The molecule has 3 amide bonds. The standard InChI is InChI=1S/C16H20FN3O4/c1-24-14(21)6-7-18-15(22)12-10-11(17)4-5-13(12)19-16(23)20-8-2-3-9-20/h4-5,10H,2-3,6-9H2,1H3,(H,18,22)(H,19,23). The molecule has 0 aromatic heterocycles. The molecular weight excluding hydrogens is 317 g/mol. The van der Waals surface area contributed by atoms with Crippen LogP contribution in [0.2, 0.25) is 0 Å². The van der Waals surface area contributed by atoms with Crippen molar-refractivity contribution in [2.75, 3.05) is 32.1 Å². The molecule has 2 N–H and O–H groups in total. The predicted molar refractivity (Wildman–Crippen MR) is 85.2 cm³/mol. The molecule has 130 valence electrons. The minimum absolute atomic E-state index is 0.00686. The van der Waals surface area contributed by atoms with Crippen LogP contribution in [0.3, 0.4) is 0 Å². The molecule has 1 saturated heterocycles. The average molecular weight is 337 g/mol. The average Bonchev–Trinajstić information content (AvgIpc) is 3.10. The maximum Gasteiger partial charge on any atom is 0.321 e. The number of nitrogens with zero attached hydrogens (tertiary/aromatic N) is 1. The number of carbonyl (C=O) groups is 3. The summed E-state index contributed by atoms with van der Waals surface area (Å²) in [6, 6.07) is 3.25. The fourth-order valence-corrected chi connectivity index (χ4v) is 2.40. The highest BCUT2D eigenvalue weighted by atomic mass is 19.1. The molecule has 8 heteroatoms. The molecule has 1 fully saturated rings. The Morgan fingerprint density at radius 1 is 1.25 bits per heavy atom. The van der Waals surface area contributed by atoms with Crippen molar-refractivity contribution in [2.45, 2.75) is 19.3 Å². The van der Waals surface area contributed by atoms with Crippen LogP contribution < -0.4 is 10.6 Å². The van der Waals surface area contributed by atoms with Gasteiger partial charge in [0.1, 0.15) is 5.82 Å². The Labute approximate surface area is 139 Å². The highest BCUT2D eigenvalue weighted by Gasteiger charge is 2.20. The maximum atomic E-state index is 13.5. The van der Waals surface area contributed by atoms with Crippen molar-refractivity contribution in [3.05, 3.63) is 29.6 Å². The van der Waals surface area contributed by atoms with Gasteiger partial charge in [-0.05, 0) is 31.0 Å². The summed E-state index contributed by atoms with van der Waals surface area (Å²) in [7, 11) is 1.25. The minimum Gasteiger partial charge on any atom is -0.469 e. The lowest BCUT2D eigenvalue weighted by Gasteiger charge is -2.18. The van der Waals surface area contributed by atoms with Gasteiger partial charge in [0.15, 0.2) is 0 Å². The number of nitrogens with one attached hydrogen (secondary N) is 2. The summed E-state index contributed by atoms with van der Waals surface area (Å²) in [4.78, 5) is 37.0. The molecule has 0 radical (unpaired) electrons. The molecule has 0 spiro atoms. The topological polar surface area (TPSA) is 87.7 Å². The molecule has 0 aliphatic carbocycles. The predicted octanol–water partition coefficient (Wildman–Crippen LogP) is 1.75. The second-order valence-electron chi connectivity index (χ2n) is 5.40. The highest BCUT2D eigenvalue weighted by molar-refractivity contribution is 6.03. The van der Waals surface area contributed by atoms with E-state index in [0.717, 1.165) is 18.9 Å². The molecule has 1 aliphatic heterocycles. The number of ether oxygens (including phenoxy) is 1. The van der Waals surface area contributed by atoms with Gasteiger partial charge in [0, 0.05) is 19.6 Å². The summed E-state index contributed by atoms with van der Waals surface area (Å²) < 4.78 is 18.0. The number of hydrogen-bond donors (Lipinski definition) is 2. The van der Waals surface area contributed by atoms with Crippen LogP contribution in [-0.2, 0) is 9.53 Å². The van der Waals surface area contributed by atoms with E-state index in [2.05, 4.69) is 15.4 Å². The number of benzene rings is 1. The third kappa shape index (κ3) is 4.68. The maximum absolute atomic E-state index is 13.5. The van der Waals surface area contributed by atoms with Gasteiger partial charge in [0.25, 0.3) is 5.91 Å². The minimum atomic E-state index is -0.590. The van der Waals surface area contributed by atoms with E-state index in [1.54, 1.807) is 4.90 Å². The number of likely N-dealkylation sites (tertiary alicyclic amines) is 1. The molecule has 7 nitrogen and oxygen atoms in total. The van der Waals surface area contributed by atoms with E-state index >= 15 is 0 Å². The Balaban J connectivity index is 2.04. The molecule has 0 atom stereocenters. The third-order valence-electron chi connectivity index (χ3n) is 3.70. The zero-order valence-corrected chi connectivity index (χ0v) is 13.4. The van der Waals surface area contributed by atoms with Gasteiger partial charge in [-0.2, -0.15) is 0 Å². The van der Waals surface area contributed by atoms with Gasteiger partial charge < -0.3 is 20.3 Å². The second kappa shape index (κ2) is 8.28. The number of amides is 3. The monoisotopic (exact) mass is 337 g/mol. The first kappa shape index (κ1) is 17.7. The van der Waals surface area contributed by atoms with Crippen LogP contribution in [0.1, 0.15) is 29.6 Å². The molecule has 0 saturated carbocycles. The second-order valence-corrected chi connectivity index (χ2v) is 5.40. The van der Waals surface area contributed by atoms with Crippen LogP contribution in [0, 0.1) is 5.82 Å². The molecule has 24 heavy (non-hydrogen) atoms. The molecule has 2 rings (SSSR count). The molecule has 1 aliphatic rings. The lowest BCUT2D eigenvalue weighted by Crippen LogP contribution is -2.33. The van der Waals surface area contributed by atoms with Gasteiger partial charge in [0.2, 0.25) is 0 Å². The molecule has 0 unspecified atom stereocenters. The number of esters is 1. The molecule has 1 aromatic rings. The van der Waals surface area contributed by atoms with Crippen LogP contribution in [0.4, 0.5) is 14.9 Å². The summed E-state index contributed by atoms with van der Waals surface area (Å²) in [6.07, 6.45) is 1.89. The summed E-state index contributed by atoms with van der Waals surface area (Å²) in [5.41, 5.74) is 0.233. The van der Waals surface area contributed by atoms with E-state index in [1.807, 2.05) is 0 Å². The van der Waals surface area contributed by atoms with Crippen molar-refractivity contribution < 1.29 is 23.5 Å². The first-order valence-electron chi connectivity index (χ1n) is 7.71. The molecular formula is C16H20FN3O4. The SMILES string of the molecule is COC(=O)CCNC(=O)c1cc(F)ccc1NC(=O)N1CCCC1. The summed E-state index contributed by atoms with van der Waals surface area (Å²) >= 11 is 0. The fraction of sp³-hybridized carbons (Fsp3) is 0.438. The lowest BCUT2D eigenvalue weighted by molar-refractivity contribution is -0.140. The summed E-state index contributed by atoms with van der Waals surface area (Å²) in [5, 5.41) is 5.14. The quantitative estimate of drug-likeness (QED) is 0.801. The number of anilines is 1. The van der Waals surface area contributed by atoms with Crippen molar-refractivity contribution in [1.29, 1.82) is 0 Å².